The van der Waals surface area contributed by atoms with Gasteiger partial charge in [0, 0.05) is 22.0 Å². The van der Waals surface area contributed by atoms with Crippen LogP contribution in [-0.2, 0) is 0 Å². The number of rotatable bonds is 4. The molecule has 0 atom stereocenters. The average molecular weight is 379 g/mol. The lowest BCUT2D eigenvalue weighted by Crippen LogP contribution is -2.06. The Morgan fingerprint density at radius 3 is 2.44 bits per heavy atom. The number of nitriles is 1. The fourth-order valence-electron chi connectivity index (χ4n) is 3.02. The highest BCUT2D eigenvalue weighted by Gasteiger charge is 2.21. The number of allylic oxidation sites excluding steroid dienone is 1. The third-order valence-electron chi connectivity index (χ3n) is 4.32. The second-order valence-corrected chi connectivity index (χ2v) is 6.56. The number of aromatic nitrogens is 1. The van der Waals surface area contributed by atoms with Gasteiger partial charge in [0.1, 0.15) is 17.5 Å². The van der Waals surface area contributed by atoms with Crippen LogP contribution in [0.2, 0.25) is 5.02 Å². The summed E-state index contributed by atoms with van der Waals surface area (Å²) in [7, 11) is 0. The first kappa shape index (κ1) is 18.6. The number of ketones is 1. The molecule has 3 nitrogen and oxygen atoms in total. The van der Waals surface area contributed by atoms with Crippen molar-refractivity contribution in [3.63, 3.8) is 0 Å². The molecule has 1 heterocycles. The lowest BCUT2D eigenvalue weighted by molar-refractivity contribution is 0.103. The Labute approximate surface area is 161 Å². The molecule has 0 saturated carbocycles. The highest BCUT2D eigenvalue weighted by Crippen LogP contribution is 2.25. The van der Waals surface area contributed by atoms with Gasteiger partial charge in [0.25, 0.3) is 0 Å². The van der Waals surface area contributed by atoms with Crippen LogP contribution in [0.5, 0.6) is 0 Å². The number of halogens is 2. The van der Waals surface area contributed by atoms with Gasteiger partial charge in [0.15, 0.2) is 0 Å². The van der Waals surface area contributed by atoms with Crippen molar-refractivity contribution in [2.45, 2.75) is 13.8 Å². The van der Waals surface area contributed by atoms with Gasteiger partial charge in [0.2, 0.25) is 5.78 Å². The smallest absolute Gasteiger partial charge is 0.205 e. The number of hydrogen-bond acceptors (Lipinski definition) is 2. The minimum absolute atomic E-state index is 0.00565. The summed E-state index contributed by atoms with van der Waals surface area (Å²) in [5, 5.41) is 10.0. The summed E-state index contributed by atoms with van der Waals surface area (Å²) in [6.45, 7) is 3.54. The molecule has 2 aromatic carbocycles. The maximum atomic E-state index is 14.2. The molecule has 0 spiro atoms. The fraction of sp³-hybridized carbons (Fsp3) is 0.0909. The van der Waals surface area contributed by atoms with E-state index in [0.29, 0.717) is 33.2 Å². The predicted octanol–water partition coefficient (Wildman–Crippen LogP) is 5.68. The second-order valence-electron chi connectivity index (χ2n) is 6.12. The molecule has 134 valence electrons. The minimum Gasteiger partial charge on any atom is -0.315 e. The predicted molar refractivity (Wildman–Crippen MR) is 105 cm³/mol. The van der Waals surface area contributed by atoms with E-state index in [1.807, 2.05) is 6.07 Å². The standard InChI is InChI=1S/C22H16ClFN2O/c1-14-11-19(15(2)26(14)21-6-4-3-5-20(21)24)22(27)17(13-25)12-16-7-9-18(23)10-8-16/h3-12H,1-2H3. The second kappa shape index (κ2) is 7.61. The number of hydrogen-bond donors (Lipinski definition) is 0. The highest BCUT2D eigenvalue weighted by atomic mass is 35.5. The number of aryl methyl sites for hydroxylation is 1. The van der Waals surface area contributed by atoms with Crippen molar-refractivity contribution in [2.75, 3.05) is 0 Å². The molecular weight excluding hydrogens is 363 g/mol. The van der Waals surface area contributed by atoms with Gasteiger partial charge >= 0.3 is 0 Å². The molecule has 0 amide bonds. The van der Waals surface area contributed by atoms with E-state index in [4.69, 9.17) is 11.6 Å². The van der Waals surface area contributed by atoms with E-state index in [1.165, 1.54) is 12.1 Å². The highest BCUT2D eigenvalue weighted by molar-refractivity contribution is 6.30. The van der Waals surface area contributed by atoms with Crippen LogP contribution in [0.1, 0.15) is 27.3 Å². The Morgan fingerprint density at radius 2 is 1.81 bits per heavy atom. The monoisotopic (exact) mass is 378 g/mol. The molecule has 0 unspecified atom stereocenters. The zero-order valence-corrected chi connectivity index (χ0v) is 15.6. The van der Waals surface area contributed by atoms with Crippen LogP contribution in [0.3, 0.4) is 0 Å². The minimum atomic E-state index is -0.400. The van der Waals surface area contributed by atoms with Gasteiger partial charge in [-0.25, -0.2) is 4.39 Å². The Hall–Kier alpha value is -3.16. The van der Waals surface area contributed by atoms with Crippen molar-refractivity contribution >= 4 is 23.5 Å². The summed E-state index contributed by atoms with van der Waals surface area (Å²) >= 11 is 5.87. The lowest BCUT2D eigenvalue weighted by atomic mass is 10.0. The van der Waals surface area contributed by atoms with E-state index in [9.17, 15) is 14.4 Å². The maximum Gasteiger partial charge on any atom is 0.205 e. The molecule has 1 aromatic heterocycles. The summed E-state index contributed by atoms with van der Waals surface area (Å²) < 4.78 is 15.9. The van der Waals surface area contributed by atoms with Crippen molar-refractivity contribution in [2.24, 2.45) is 0 Å². The van der Waals surface area contributed by atoms with E-state index in [2.05, 4.69) is 0 Å². The molecule has 0 bridgehead atoms. The molecule has 0 N–H and O–H groups in total. The SMILES string of the molecule is Cc1cc(C(=O)C(C#N)=Cc2ccc(Cl)cc2)c(C)n1-c1ccccc1F. The van der Waals surface area contributed by atoms with Crippen molar-refractivity contribution < 1.29 is 9.18 Å². The van der Waals surface area contributed by atoms with Crippen LogP contribution in [0.25, 0.3) is 11.8 Å². The molecule has 0 aliphatic heterocycles. The lowest BCUT2D eigenvalue weighted by Gasteiger charge is -2.10. The van der Waals surface area contributed by atoms with Crippen molar-refractivity contribution in [1.82, 2.24) is 4.57 Å². The Balaban J connectivity index is 2.05. The van der Waals surface area contributed by atoms with E-state index in [0.717, 1.165) is 0 Å². The van der Waals surface area contributed by atoms with Crippen LogP contribution in [0, 0.1) is 31.0 Å². The van der Waals surface area contributed by atoms with E-state index in [-0.39, 0.29) is 11.4 Å². The van der Waals surface area contributed by atoms with Gasteiger partial charge in [-0.2, -0.15) is 5.26 Å². The number of carbonyl (C=O) groups is 1. The molecule has 0 aliphatic rings. The Bertz CT molecular complexity index is 1090. The first-order valence-corrected chi connectivity index (χ1v) is 8.66. The van der Waals surface area contributed by atoms with Gasteiger partial charge < -0.3 is 4.57 Å². The van der Waals surface area contributed by atoms with Crippen LogP contribution in [-0.4, -0.2) is 10.4 Å². The normalized spacial score (nSPS) is 11.3. The molecule has 27 heavy (non-hydrogen) atoms. The third kappa shape index (κ3) is 3.69. The number of nitrogens with zero attached hydrogens (tertiary/aromatic N) is 2. The van der Waals surface area contributed by atoms with E-state index < -0.39 is 5.78 Å². The summed E-state index contributed by atoms with van der Waals surface area (Å²) in [6.07, 6.45) is 1.52. The van der Waals surface area contributed by atoms with Crippen LogP contribution >= 0.6 is 11.6 Å². The quantitative estimate of drug-likeness (QED) is 0.333. The topological polar surface area (TPSA) is 45.8 Å². The van der Waals surface area contributed by atoms with E-state index in [1.54, 1.807) is 66.9 Å². The molecule has 0 radical (unpaired) electrons. The molecule has 0 saturated heterocycles. The van der Waals surface area contributed by atoms with Crippen molar-refractivity contribution in [1.29, 1.82) is 5.26 Å². The van der Waals surface area contributed by atoms with Crippen LogP contribution in [0.15, 0.2) is 60.2 Å². The third-order valence-corrected chi connectivity index (χ3v) is 4.57. The molecule has 3 rings (SSSR count). The zero-order valence-electron chi connectivity index (χ0n) is 14.8. The number of carbonyl (C=O) groups excluding carboxylic acids is 1. The summed E-state index contributed by atoms with van der Waals surface area (Å²) in [5.74, 6) is -0.779. The van der Waals surface area contributed by atoms with Crippen LogP contribution < -0.4 is 0 Å². The molecule has 3 aromatic rings. The van der Waals surface area contributed by atoms with E-state index >= 15 is 0 Å². The zero-order chi connectivity index (χ0) is 19.6. The van der Waals surface area contributed by atoms with Gasteiger partial charge in [-0.3, -0.25) is 4.79 Å². The molecule has 5 heteroatoms. The largest absolute Gasteiger partial charge is 0.315 e. The molecular formula is C22H16ClFN2O. The Morgan fingerprint density at radius 1 is 1.15 bits per heavy atom. The maximum absolute atomic E-state index is 14.2. The first-order chi connectivity index (χ1) is 12.9. The van der Waals surface area contributed by atoms with Gasteiger partial charge in [0.05, 0.1) is 5.69 Å². The van der Waals surface area contributed by atoms with Crippen molar-refractivity contribution in [3.05, 3.63) is 93.5 Å². The van der Waals surface area contributed by atoms with Crippen LogP contribution in [0.4, 0.5) is 4.39 Å². The van der Waals surface area contributed by atoms with Crippen molar-refractivity contribution in [3.8, 4) is 11.8 Å². The fourth-order valence-corrected chi connectivity index (χ4v) is 3.14. The molecule has 0 fully saturated rings. The van der Waals surface area contributed by atoms with Gasteiger partial charge in [-0.05, 0) is 55.8 Å². The number of Topliss-reactive ketones (excluding diaryl/α,β-unsaturated/α-hetero) is 1. The molecule has 0 aliphatic carbocycles. The summed E-state index contributed by atoms with van der Waals surface area (Å²) in [6, 6.07) is 16.9. The average Bonchev–Trinajstić information content (AvgIpc) is 2.95. The summed E-state index contributed by atoms with van der Waals surface area (Å²) in [5.41, 5.74) is 2.74. The summed E-state index contributed by atoms with van der Waals surface area (Å²) in [4.78, 5) is 12.9. The number of para-hydroxylation sites is 1. The van der Waals surface area contributed by atoms with Gasteiger partial charge in [-0.1, -0.05) is 35.9 Å². The first-order valence-electron chi connectivity index (χ1n) is 8.28. The van der Waals surface area contributed by atoms with Gasteiger partial charge in [-0.15, -0.1) is 0 Å². The Kier molecular flexibility index (Phi) is 5.25. The number of benzene rings is 2.